The van der Waals surface area contributed by atoms with Crippen LogP contribution >= 0.6 is 0 Å². The smallest absolute Gasteiger partial charge is 0.276 e. The number of carbonyl (C=O) groups is 1. The molecule has 1 aliphatic rings. The van der Waals surface area contributed by atoms with Crippen LogP contribution in [0.5, 0.6) is 0 Å². The first-order valence-electron chi connectivity index (χ1n) is 5.39. The third-order valence-electron chi connectivity index (χ3n) is 2.82. The zero-order valence-corrected chi connectivity index (χ0v) is 9.38. The maximum atomic E-state index is 12.1. The molecule has 0 saturated heterocycles. The zero-order valence-electron chi connectivity index (χ0n) is 9.38. The number of nitrogens with zero attached hydrogens (tertiary/aromatic N) is 3. The number of carbonyl (C=O) groups excluding carboxylic acids is 1. The van der Waals surface area contributed by atoms with Gasteiger partial charge in [0.25, 0.3) is 5.91 Å². The molecule has 2 aromatic rings. The normalized spacial score (nSPS) is 13.8. The van der Waals surface area contributed by atoms with Crippen molar-refractivity contribution in [1.29, 1.82) is 0 Å². The van der Waals surface area contributed by atoms with Gasteiger partial charge in [-0.3, -0.25) is 9.78 Å². The highest BCUT2D eigenvalue weighted by Crippen LogP contribution is 2.21. The van der Waals surface area contributed by atoms with E-state index in [9.17, 15) is 4.79 Å². The number of rotatable bonds is 1. The Balaban J connectivity index is 1.83. The average Bonchev–Trinajstić information content (AvgIpc) is 2.93. The summed E-state index contributed by atoms with van der Waals surface area (Å²) >= 11 is 0. The molecule has 0 atom stereocenters. The first-order valence-corrected chi connectivity index (χ1v) is 5.39. The van der Waals surface area contributed by atoms with Crippen LogP contribution in [0.2, 0.25) is 0 Å². The van der Waals surface area contributed by atoms with Gasteiger partial charge in [-0.2, -0.15) is 0 Å². The Morgan fingerprint density at radius 2 is 2.35 bits per heavy atom. The number of hydrogen-bond acceptors (Lipinski definition) is 4. The minimum atomic E-state index is -0.111. The summed E-state index contributed by atoms with van der Waals surface area (Å²) in [6.45, 7) is 2.90. The van der Waals surface area contributed by atoms with E-state index >= 15 is 0 Å². The summed E-state index contributed by atoms with van der Waals surface area (Å²) < 4.78 is 4.91. The molecule has 0 saturated carbocycles. The summed E-state index contributed by atoms with van der Waals surface area (Å²) in [6, 6.07) is 5.52. The van der Waals surface area contributed by atoms with E-state index in [4.69, 9.17) is 4.52 Å². The summed E-state index contributed by atoms with van der Waals surface area (Å²) in [5, 5.41) is 3.74. The predicted octanol–water partition coefficient (Wildman–Crippen LogP) is 1.53. The third kappa shape index (κ3) is 1.69. The van der Waals surface area contributed by atoms with Crippen LogP contribution in [0.1, 0.15) is 27.5 Å². The van der Waals surface area contributed by atoms with Gasteiger partial charge in [0.2, 0.25) is 0 Å². The zero-order chi connectivity index (χ0) is 11.8. The first kappa shape index (κ1) is 10.0. The maximum absolute atomic E-state index is 12.1. The monoisotopic (exact) mass is 229 g/mol. The van der Waals surface area contributed by atoms with Gasteiger partial charge in [0.15, 0.2) is 5.69 Å². The molecule has 0 aliphatic carbocycles. The summed E-state index contributed by atoms with van der Waals surface area (Å²) in [7, 11) is 0. The molecule has 86 valence electrons. The number of aromatic nitrogens is 2. The molecule has 0 aromatic carbocycles. The standard InChI is InChI=1S/C12H11N3O2/c1-8-5-10(14-17-8)12(16)15-6-9-3-2-4-13-11(9)7-15/h2-5H,6-7H2,1H3. The van der Waals surface area contributed by atoms with E-state index in [1.165, 1.54) is 0 Å². The molecule has 0 spiro atoms. The molecule has 0 bridgehead atoms. The van der Waals surface area contributed by atoms with Gasteiger partial charge in [-0.05, 0) is 18.6 Å². The van der Waals surface area contributed by atoms with Crippen LogP contribution in [-0.2, 0) is 13.1 Å². The highest BCUT2D eigenvalue weighted by atomic mass is 16.5. The lowest BCUT2D eigenvalue weighted by atomic mass is 10.2. The van der Waals surface area contributed by atoms with Crippen LogP contribution in [0.4, 0.5) is 0 Å². The number of fused-ring (bicyclic) bond motifs is 1. The SMILES string of the molecule is Cc1cc(C(=O)N2Cc3cccnc3C2)no1. The topological polar surface area (TPSA) is 59.2 Å². The number of hydrogen-bond donors (Lipinski definition) is 0. The molecule has 0 fully saturated rings. The summed E-state index contributed by atoms with van der Waals surface area (Å²) in [6.07, 6.45) is 1.74. The molecule has 17 heavy (non-hydrogen) atoms. The average molecular weight is 229 g/mol. The molecule has 5 heteroatoms. The van der Waals surface area contributed by atoms with Gasteiger partial charge in [-0.15, -0.1) is 0 Å². The van der Waals surface area contributed by atoms with Gasteiger partial charge in [0.1, 0.15) is 5.76 Å². The molecule has 1 amide bonds. The van der Waals surface area contributed by atoms with Crippen LogP contribution in [0.15, 0.2) is 28.9 Å². The fourth-order valence-corrected chi connectivity index (χ4v) is 1.97. The summed E-state index contributed by atoms with van der Waals surface area (Å²) in [5.74, 6) is 0.531. The van der Waals surface area contributed by atoms with Crippen molar-refractivity contribution in [3.8, 4) is 0 Å². The van der Waals surface area contributed by atoms with E-state index in [-0.39, 0.29) is 5.91 Å². The summed E-state index contributed by atoms with van der Waals surface area (Å²) in [4.78, 5) is 18.1. The predicted molar refractivity (Wildman–Crippen MR) is 59.1 cm³/mol. The van der Waals surface area contributed by atoms with Crippen molar-refractivity contribution in [3.63, 3.8) is 0 Å². The minimum Gasteiger partial charge on any atom is -0.361 e. The van der Waals surface area contributed by atoms with E-state index in [0.717, 1.165) is 11.3 Å². The molecular formula is C12H11N3O2. The number of pyridine rings is 1. The van der Waals surface area contributed by atoms with Crippen molar-refractivity contribution in [3.05, 3.63) is 47.1 Å². The Morgan fingerprint density at radius 3 is 3.06 bits per heavy atom. The van der Waals surface area contributed by atoms with Gasteiger partial charge in [0, 0.05) is 18.8 Å². The van der Waals surface area contributed by atoms with Crippen molar-refractivity contribution in [2.45, 2.75) is 20.0 Å². The van der Waals surface area contributed by atoms with Crippen LogP contribution in [0, 0.1) is 6.92 Å². The Morgan fingerprint density at radius 1 is 1.47 bits per heavy atom. The molecule has 0 unspecified atom stereocenters. The number of amides is 1. The van der Waals surface area contributed by atoms with E-state index in [0.29, 0.717) is 24.5 Å². The second kappa shape index (κ2) is 3.69. The molecule has 0 N–H and O–H groups in total. The first-order chi connectivity index (χ1) is 8.24. The van der Waals surface area contributed by atoms with Gasteiger partial charge in [0.05, 0.1) is 12.2 Å². The van der Waals surface area contributed by atoms with Gasteiger partial charge in [-0.1, -0.05) is 11.2 Å². The van der Waals surface area contributed by atoms with Crippen molar-refractivity contribution in [1.82, 2.24) is 15.0 Å². The Kier molecular flexibility index (Phi) is 2.18. The van der Waals surface area contributed by atoms with E-state index in [2.05, 4.69) is 10.1 Å². The van der Waals surface area contributed by atoms with Gasteiger partial charge in [-0.25, -0.2) is 0 Å². The van der Waals surface area contributed by atoms with Crippen LogP contribution < -0.4 is 0 Å². The third-order valence-corrected chi connectivity index (χ3v) is 2.82. The largest absolute Gasteiger partial charge is 0.361 e. The van der Waals surface area contributed by atoms with Crippen molar-refractivity contribution >= 4 is 5.91 Å². The second-order valence-corrected chi connectivity index (χ2v) is 4.09. The molecule has 0 radical (unpaired) electrons. The fourth-order valence-electron chi connectivity index (χ4n) is 1.97. The second-order valence-electron chi connectivity index (χ2n) is 4.09. The minimum absolute atomic E-state index is 0.111. The van der Waals surface area contributed by atoms with Crippen molar-refractivity contribution in [2.75, 3.05) is 0 Å². The molecule has 1 aliphatic heterocycles. The van der Waals surface area contributed by atoms with Crippen molar-refractivity contribution < 1.29 is 9.32 Å². The highest BCUT2D eigenvalue weighted by molar-refractivity contribution is 5.92. The summed E-state index contributed by atoms with van der Waals surface area (Å²) in [5.41, 5.74) is 2.41. The molecular weight excluding hydrogens is 218 g/mol. The fraction of sp³-hybridized carbons (Fsp3) is 0.250. The Bertz CT molecular complexity index is 552. The molecule has 5 nitrogen and oxygen atoms in total. The highest BCUT2D eigenvalue weighted by Gasteiger charge is 2.26. The van der Waals surface area contributed by atoms with E-state index in [1.807, 2.05) is 12.1 Å². The lowest BCUT2D eigenvalue weighted by Gasteiger charge is -2.12. The van der Waals surface area contributed by atoms with Gasteiger partial charge >= 0.3 is 0 Å². The Hall–Kier alpha value is -2.17. The Labute approximate surface area is 98.0 Å². The molecule has 3 rings (SSSR count). The van der Waals surface area contributed by atoms with Crippen LogP contribution in [-0.4, -0.2) is 20.9 Å². The molecule has 2 aromatic heterocycles. The maximum Gasteiger partial charge on any atom is 0.276 e. The number of aryl methyl sites for hydroxylation is 1. The van der Waals surface area contributed by atoms with Crippen LogP contribution in [0.3, 0.4) is 0 Å². The van der Waals surface area contributed by atoms with E-state index < -0.39 is 0 Å². The van der Waals surface area contributed by atoms with E-state index in [1.54, 1.807) is 24.1 Å². The lowest BCUT2D eigenvalue weighted by Crippen LogP contribution is -2.25. The van der Waals surface area contributed by atoms with Crippen molar-refractivity contribution in [2.24, 2.45) is 0 Å². The lowest BCUT2D eigenvalue weighted by molar-refractivity contribution is 0.0740. The van der Waals surface area contributed by atoms with Crippen LogP contribution in [0.25, 0.3) is 0 Å². The quantitative estimate of drug-likeness (QED) is 0.744. The molecule has 3 heterocycles. The van der Waals surface area contributed by atoms with Gasteiger partial charge < -0.3 is 9.42 Å².